The van der Waals surface area contributed by atoms with Gasteiger partial charge in [0.05, 0.1) is 4.90 Å². The Morgan fingerprint density at radius 2 is 1.84 bits per heavy atom. The molecule has 0 bridgehead atoms. The van der Waals surface area contributed by atoms with E-state index >= 15 is 0 Å². The highest BCUT2D eigenvalue weighted by atomic mass is 32.2. The first-order valence-corrected chi connectivity index (χ1v) is 9.39. The number of nitrogens with one attached hydrogen (secondary N) is 1. The van der Waals surface area contributed by atoms with Crippen LogP contribution in [0.5, 0.6) is 0 Å². The first kappa shape index (κ1) is 17.3. The van der Waals surface area contributed by atoms with Crippen LogP contribution in [0.2, 0.25) is 0 Å². The van der Waals surface area contributed by atoms with Gasteiger partial charge in [-0.1, -0.05) is 53.2 Å². The first-order valence-electron chi connectivity index (χ1n) is 7.90. The molecule has 1 heterocycles. The molecule has 1 aromatic heterocycles. The van der Waals surface area contributed by atoms with Crippen molar-refractivity contribution in [3.05, 3.63) is 65.5 Å². The standard InChI is InChI=1S/C18H19N3O3S/c1-13-8-9-16(14(2)12-13)25(22,23)19-11-10-17-20-18(21-24-17)15-6-4-3-5-7-15/h3-9,12,19H,10-11H2,1-2H3. The summed E-state index contributed by atoms with van der Waals surface area (Å²) in [4.78, 5) is 4.58. The van der Waals surface area contributed by atoms with Gasteiger partial charge in [0.15, 0.2) is 0 Å². The lowest BCUT2D eigenvalue weighted by atomic mass is 10.2. The van der Waals surface area contributed by atoms with Gasteiger partial charge in [-0.2, -0.15) is 4.98 Å². The molecule has 3 rings (SSSR count). The van der Waals surface area contributed by atoms with Crippen LogP contribution in [0, 0.1) is 13.8 Å². The number of hydrogen-bond acceptors (Lipinski definition) is 5. The zero-order valence-electron chi connectivity index (χ0n) is 14.1. The van der Waals surface area contributed by atoms with Crippen molar-refractivity contribution >= 4 is 10.0 Å². The molecule has 0 unspecified atom stereocenters. The second-order valence-corrected chi connectivity index (χ2v) is 7.53. The molecule has 6 nitrogen and oxygen atoms in total. The minimum absolute atomic E-state index is 0.187. The minimum Gasteiger partial charge on any atom is -0.339 e. The molecule has 1 N–H and O–H groups in total. The highest BCUT2D eigenvalue weighted by Gasteiger charge is 2.17. The summed E-state index contributed by atoms with van der Waals surface area (Å²) in [5, 5.41) is 3.92. The molecule has 0 amide bonds. The van der Waals surface area contributed by atoms with Crippen molar-refractivity contribution in [2.45, 2.75) is 25.2 Å². The summed E-state index contributed by atoms with van der Waals surface area (Å²) in [6, 6.07) is 14.7. The number of aromatic nitrogens is 2. The fourth-order valence-corrected chi connectivity index (χ4v) is 3.79. The van der Waals surface area contributed by atoms with Crippen LogP contribution < -0.4 is 4.72 Å². The van der Waals surface area contributed by atoms with E-state index in [9.17, 15) is 8.42 Å². The Bertz CT molecular complexity index is 966. The first-order chi connectivity index (χ1) is 12.0. The Kier molecular flexibility index (Phi) is 4.96. The van der Waals surface area contributed by atoms with Gasteiger partial charge < -0.3 is 4.52 Å². The molecule has 0 aliphatic carbocycles. The van der Waals surface area contributed by atoms with Crippen LogP contribution in [0.1, 0.15) is 17.0 Å². The topological polar surface area (TPSA) is 85.1 Å². The van der Waals surface area contributed by atoms with Crippen molar-refractivity contribution in [2.75, 3.05) is 6.54 Å². The molecular weight excluding hydrogens is 338 g/mol. The fourth-order valence-electron chi connectivity index (χ4n) is 2.53. The Balaban J connectivity index is 1.64. The normalized spacial score (nSPS) is 11.6. The number of rotatable bonds is 6. The van der Waals surface area contributed by atoms with Gasteiger partial charge in [0.2, 0.25) is 21.7 Å². The maximum absolute atomic E-state index is 12.4. The summed E-state index contributed by atoms with van der Waals surface area (Å²) in [6.45, 7) is 3.90. The van der Waals surface area contributed by atoms with Gasteiger partial charge in [-0.3, -0.25) is 0 Å². The minimum atomic E-state index is -3.56. The average molecular weight is 357 g/mol. The molecule has 0 radical (unpaired) electrons. The van der Waals surface area contributed by atoms with Crippen LogP contribution in [-0.2, 0) is 16.4 Å². The number of sulfonamides is 1. The predicted molar refractivity (Wildman–Crippen MR) is 94.5 cm³/mol. The van der Waals surface area contributed by atoms with Crippen molar-refractivity contribution in [2.24, 2.45) is 0 Å². The van der Waals surface area contributed by atoms with Crippen LogP contribution in [-0.4, -0.2) is 25.1 Å². The molecule has 0 aliphatic heterocycles. The molecule has 3 aromatic rings. The molecule has 2 aromatic carbocycles. The summed E-state index contributed by atoms with van der Waals surface area (Å²) < 4.78 is 32.6. The van der Waals surface area contributed by atoms with E-state index in [4.69, 9.17) is 4.52 Å². The number of nitrogens with zero attached hydrogens (tertiary/aromatic N) is 2. The lowest BCUT2D eigenvalue weighted by molar-refractivity contribution is 0.379. The molecule has 0 atom stereocenters. The fraction of sp³-hybridized carbons (Fsp3) is 0.222. The van der Waals surface area contributed by atoms with E-state index in [1.165, 1.54) is 0 Å². The molecular formula is C18H19N3O3S. The number of hydrogen-bond donors (Lipinski definition) is 1. The third-order valence-corrected chi connectivity index (χ3v) is 5.37. The molecule has 0 saturated carbocycles. The summed E-state index contributed by atoms with van der Waals surface area (Å²) in [7, 11) is -3.56. The van der Waals surface area contributed by atoms with E-state index in [2.05, 4.69) is 14.9 Å². The second kappa shape index (κ2) is 7.16. The quantitative estimate of drug-likeness (QED) is 0.733. The molecule has 0 aliphatic rings. The Morgan fingerprint density at radius 1 is 1.08 bits per heavy atom. The lowest BCUT2D eigenvalue weighted by Gasteiger charge is -2.09. The molecule has 130 valence electrons. The maximum Gasteiger partial charge on any atom is 0.240 e. The maximum atomic E-state index is 12.4. The van der Waals surface area contributed by atoms with Crippen molar-refractivity contribution < 1.29 is 12.9 Å². The van der Waals surface area contributed by atoms with Crippen molar-refractivity contribution in [1.29, 1.82) is 0 Å². The molecule has 7 heteroatoms. The average Bonchev–Trinajstić information content (AvgIpc) is 3.04. The lowest BCUT2D eigenvalue weighted by Crippen LogP contribution is -2.26. The zero-order chi connectivity index (χ0) is 17.9. The summed E-state index contributed by atoms with van der Waals surface area (Å²) in [6.07, 6.45) is 0.323. The number of benzene rings is 2. The Labute approximate surface area is 147 Å². The van der Waals surface area contributed by atoms with Gasteiger partial charge >= 0.3 is 0 Å². The van der Waals surface area contributed by atoms with E-state index in [1.54, 1.807) is 19.1 Å². The zero-order valence-corrected chi connectivity index (χ0v) is 14.9. The molecule has 25 heavy (non-hydrogen) atoms. The summed E-state index contributed by atoms with van der Waals surface area (Å²) in [5.41, 5.74) is 2.60. The monoisotopic (exact) mass is 357 g/mol. The highest BCUT2D eigenvalue weighted by molar-refractivity contribution is 7.89. The number of aryl methyl sites for hydroxylation is 2. The molecule has 0 fully saturated rings. The van der Waals surface area contributed by atoms with Crippen LogP contribution in [0.4, 0.5) is 0 Å². The van der Waals surface area contributed by atoms with E-state index < -0.39 is 10.0 Å². The largest absolute Gasteiger partial charge is 0.339 e. The SMILES string of the molecule is Cc1ccc(S(=O)(=O)NCCc2nc(-c3ccccc3)no2)c(C)c1. The molecule has 0 saturated heterocycles. The summed E-state index contributed by atoms with van der Waals surface area (Å²) >= 11 is 0. The Hall–Kier alpha value is -2.51. The predicted octanol–water partition coefficient (Wildman–Crippen LogP) is 2.87. The van der Waals surface area contributed by atoms with Gasteiger partial charge in [0, 0.05) is 18.5 Å². The highest BCUT2D eigenvalue weighted by Crippen LogP contribution is 2.17. The van der Waals surface area contributed by atoms with Gasteiger partial charge in [-0.05, 0) is 25.5 Å². The smallest absolute Gasteiger partial charge is 0.240 e. The summed E-state index contributed by atoms with van der Waals surface area (Å²) in [5.74, 6) is 0.884. The van der Waals surface area contributed by atoms with Gasteiger partial charge in [-0.25, -0.2) is 13.1 Å². The van der Waals surface area contributed by atoms with E-state index in [-0.39, 0.29) is 11.4 Å². The molecule has 0 spiro atoms. The van der Waals surface area contributed by atoms with E-state index in [0.717, 1.165) is 16.7 Å². The van der Waals surface area contributed by atoms with Crippen LogP contribution in [0.25, 0.3) is 11.4 Å². The third kappa shape index (κ3) is 4.12. The van der Waals surface area contributed by atoms with Crippen LogP contribution >= 0.6 is 0 Å². The second-order valence-electron chi connectivity index (χ2n) is 5.79. The van der Waals surface area contributed by atoms with Gasteiger partial charge in [0.25, 0.3) is 0 Å². The Morgan fingerprint density at radius 3 is 2.56 bits per heavy atom. The van der Waals surface area contributed by atoms with E-state index in [0.29, 0.717) is 18.1 Å². The van der Waals surface area contributed by atoms with Gasteiger partial charge in [0.1, 0.15) is 0 Å². The van der Waals surface area contributed by atoms with Crippen LogP contribution in [0.15, 0.2) is 57.9 Å². The third-order valence-electron chi connectivity index (χ3n) is 3.75. The van der Waals surface area contributed by atoms with Crippen molar-refractivity contribution in [1.82, 2.24) is 14.9 Å². The van der Waals surface area contributed by atoms with E-state index in [1.807, 2.05) is 43.3 Å². The van der Waals surface area contributed by atoms with Crippen LogP contribution in [0.3, 0.4) is 0 Å². The van der Waals surface area contributed by atoms with Crippen molar-refractivity contribution in [3.63, 3.8) is 0 Å². The van der Waals surface area contributed by atoms with Crippen molar-refractivity contribution in [3.8, 4) is 11.4 Å². The van der Waals surface area contributed by atoms with Gasteiger partial charge in [-0.15, -0.1) is 0 Å².